The van der Waals surface area contributed by atoms with E-state index < -0.39 is 5.60 Å². The number of nitrogens with zero attached hydrogens (tertiary/aromatic N) is 1. The minimum absolute atomic E-state index is 0.267. The molecule has 1 aliphatic carbocycles. The summed E-state index contributed by atoms with van der Waals surface area (Å²) in [6.45, 7) is 15.1. The van der Waals surface area contributed by atoms with E-state index in [4.69, 9.17) is 9.47 Å². The molecule has 0 heterocycles. The van der Waals surface area contributed by atoms with E-state index in [-0.39, 0.29) is 6.09 Å². The Morgan fingerprint density at radius 2 is 1.91 bits per heavy atom. The molecule has 23 heavy (non-hydrogen) atoms. The second-order valence-corrected chi connectivity index (χ2v) is 8.57. The molecule has 0 radical (unpaired) electrons. The lowest BCUT2D eigenvalue weighted by Crippen LogP contribution is -2.44. The molecule has 0 aromatic heterocycles. The highest BCUT2D eigenvalue weighted by atomic mass is 16.6. The summed E-state index contributed by atoms with van der Waals surface area (Å²) in [4.78, 5) is 14.0. The number of carbonyl (C=O) groups excluding carboxylic acids is 1. The minimum Gasteiger partial charge on any atom is -0.444 e. The Hall–Kier alpha value is -0.810. The van der Waals surface area contributed by atoms with Crippen LogP contribution >= 0.6 is 0 Å². The Balaban J connectivity index is 2.46. The number of methoxy groups -OCH3 is 1. The normalized spacial score (nSPS) is 23.8. The first kappa shape index (κ1) is 20.2. The predicted octanol–water partition coefficient (Wildman–Crippen LogP) is 3.28. The Labute approximate surface area is 142 Å². The average molecular weight is 328 g/mol. The number of carbonyl (C=O) groups is 1. The van der Waals surface area contributed by atoms with Gasteiger partial charge in [0.05, 0.1) is 6.61 Å². The first-order chi connectivity index (χ1) is 10.5. The van der Waals surface area contributed by atoms with Crippen LogP contribution in [0, 0.1) is 11.3 Å². The van der Waals surface area contributed by atoms with E-state index in [1.165, 1.54) is 12.8 Å². The van der Waals surface area contributed by atoms with E-state index in [9.17, 15) is 4.79 Å². The molecular weight excluding hydrogens is 292 g/mol. The van der Waals surface area contributed by atoms with Gasteiger partial charge in [0.15, 0.2) is 0 Å². The monoisotopic (exact) mass is 328 g/mol. The number of amides is 1. The first-order valence-electron chi connectivity index (χ1n) is 8.74. The Kier molecular flexibility index (Phi) is 7.33. The lowest BCUT2D eigenvalue weighted by atomic mass is 9.91. The molecule has 5 heteroatoms. The Morgan fingerprint density at radius 1 is 1.26 bits per heavy atom. The van der Waals surface area contributed by atoms with E-state index >= 15 is 0 Å². The summed E-state index contributed by atoms with van der Waals surface area (Å²) in [6.07, 6.45) is 2.18. The fraction of sp³-hybridized carbons (Fsp3) is 0.944. The van der Waals surface area contributed by atoms with Crippen LogP contribution in [0.4, 0.5) is 4.79 Å². The summed E-state index contributed by atoms with van der Waals surface area (Å²) < 4.78 is 10.6. The second-order valence-electron chi connectivity index (χ2n) is 8.57. The van der Waals surface area contributed by atoms with Crippen molar-refractivity contribution in [2.75, 3.05) is 33.4 Å². The Morgan fingerprint density at radius 3 is 2.39 bits per heavy atom. The van der Waals surface area contributed by atoms with Crippen molar-refractivity contribution in [3.63, 3.8) is 0 Å². The van der Waals surface area contributed by atoms with Gasteiger partial charge in [-0.3, -0.25) is 0 Å². The fourth-order valence-electron chi connectivity index (χ4n) is 3.37. The van der Waals surface area contributed by atoms with Gasteiger partial charge in [-0.15, -0.1) is 0 Å². The number of hydrogen-bond donors (Lipinski definition) is 1. The van der Waals surface area contributed by atoms with Crippen LogP contribution in [0.15, 0.2) is 0 Å². The van der Waals surface area contributed by atoms with Crippen molar-refractivity contribution in [3.8, 4) is 0 Å². The SMILES string of the molecule is COCCN(CCNC1CC(C)(C)CC1C)C(=O)OC(C)(C)C. The Bertz CT molecular complexity index is 377. The summed E-state index contributed by atoms with van der Waals surface area (Å²) in [6, 6.07) is 0.535. The van der Waals surface area contributed by atoms with Crippen LogP contribution in [0.3, 0.4) is 0 Å². The van der Waals surface area contributed by atoms with Crippen molar-refractivity contribution in [1.29, 1.82) is 0 Å². The van der Waals surface area contributed by atoms with Crippen LogP contribution in [-0.2, 0) is 9.47 Å². The molecular formula is C18H36N2O3. The second kappa shape index (κ2) is 8.34. The third-order valence-corrected chi connectivity index (χ3v) is 4.34. The quantitative estimate of drug-likeness (QED) is 0.779. The van der Waals surface area contributed by atoms with Gasteiger partial charge in [-0.1, -0.05) is 20.8 Å². The fourth-order valence-corrected chi connectivity index (χ4v) is 3.37. The molecule has 2 atom stereocenters. The van der Waals surface area contributed by atoms with Gasteiger partial charge in [-0.25, -0.2) is 4.79 Å². The molecule has 5 nitrogen and oxygen atoms in total. The number of hydrogen-bond acceptors (Lipinski definition) is 4. The van der Waals surface area contributed by atoms with Crippen LogP contribution in [0.2, 0.25) is 0 Å². The maximum Gasteiger partial charge on any atom is 0.410 e. The van der Waals surface area contributed by atoms with Crippen LogP contribution in [0.25, 0.3) is 0 Å². The highest BCUT2D eigenvalue weighted by molar-refractivity contribution is 5.68. The lowest BCUT2D eigenvalue weighted by Gasteiger charge is -2.28. The minimum atomic E-state index is -0.472. The third-order valence-electron chi connectivity index (χ3n) is 4.34. The zero-order valence-corrected chi connectivity index (χ0v) is 16.1. The number of rotatable bonds is 7. The van der Waals surface area contributed by atoms with Gasteiger partial charge < -0.3 is 19.7 Å². The first-order valence-corrected chi connectivity index (χ1v) is 8.74. The van der Waals surface area contributed by atoms with Gasteiger partial charge in [0.25, 0.3) is 0 Å². The molecule has 2 unspecified atom stereocenters. The van der Waals surface area contributed by atoms with Gasteiger partial charge in [0.2, 0.25) is 0 Å². The molecule has 0 bridgehead atoms. The van der Waals surface area contributed by atoms with E-state index in [2.05, 4.69) is 26.1 Å². The van der Waals surface area contributed by atoms with Crippen LogP contribution in [0.5, 0.6) is 0 Å². The van der Waals surface area contributed by atoms with Crippen LogP contribution < -0.4 is 5.32 Å². The molecule has 0 saturated heterocycles. The third kappa shape index (κ3) is 7.53. The molecule has 1 saturated carbocycles. The topological polar surface area (TPSA) is 50.8 Å². The van der Waals surface area contributed by atoms with Crippen molar-refractivity contribution >= 4 is 6.09 Å². The largest absolute Gasteiger partial charge is 0.444 e. The molecule has 0 aromatic carbocycles. The number of nitrogens with one attached hydrogen (secondary N) is 1. The van der Waals surface area contributed by atoms with Crippen molar-refractivity contribution in [2.24, 2.45) is 11.3 Å². The summed E-state index contributed by atoms with van der Waals surface area (Å²) in [5.74, 6) is 0.680. The van der Waals surface area contributed by atoms with E-state index in [0.29, 0.717) is 37.1 Å². The van der Waals surface area contributed by atoms with E-state index in [1.807, 2.05) is 20.8 Å². The van der Waals surface area contributed by atoms with E-state index in [0.717, 1.165) is 6.54 Å². The summed E-state index contributed by atoms with van der Waals surface area (Å²) in [7, 11) is 1.65. The maximum atomic E-state index is 12.3. The standard InChI is InChI=1S/C18H36N2O3/c1-14-12-18(5,6)13-15(14)19-8-9-20(10-11-22-7)16(21)23-17(2,3)4/h14-15,19H,8-13H2,1-7H3. The highest BCUT2D eigenvalue weighted by Gasteiger charge is 2.36. The smallest absolute Gasteiger partial charge is 0.410 e. The van der Waals surface area contributed by atoms with Gasteiger partial charge in [-0.05, 0) is 44.9 Å². The molecule has 136 valence electrons. The van der Waals surface area contributed by atoms with Gasteiger partial charge >= 0.3 is 6.09 Å². The molecule has 1 rings (SSSR count). The van der Waals surface area contributed by atoms with Crippen molar-refractivity contribution in [3.05, 3.63) is 0 Å². The van der Waals surface area contributed by atoms with Crippen molar-refractivity contribution in [2.45, 2.75) is 66.0 Å². The van der Waals surface area contributed by atoms with Crippen LogP contribution in [0.1, 0.15) is 54.4 Å². The highest BCUT2D eigenvalue weighted by Crippen LogP contribution is 2.40. The van der Waals surface area contributed by atoms with Gasteiger partial charge in [0.1, 0.15) is 5.60 Å². The molecule has 1 fully saturated rings. The summed E-state index contributed by atoms with van der Waals surface area (Å²) in [5.41, 5.74) is -0.0577. The zero-order chi connectivity index (χ0) is 17.7. The predicted molar refractivity (Wildman–Crippen MR) is 93.7 cm³/mol. The average Bonchev–Trinajstić information content (AvgIpc) is 2.64. The molecule has 1 amide bonds. The molecule has 0 aliphatic heterocycles. The van der Waals surface area contributed by atoms with Gasteiger partial charge in [-0.2, -0.15) is 0 Å². The molecule has 1 N–H and O–H groups in total. The van der Waals surface area contributed by atoms with Gasteiger partial charge in [0, 0.05) is 32.8 Å². The molecule has 0 aromatic rings. The molecule has 0 spiro atoms. The zero-order valence-electron chi connectivity index (χ0n) is 16.1. The van der Waals surface area contributed by atoms with E-state index in [1.54, 1.807) is 12.0 Å². The summed E-state index contributed by atoms with van der Waals surface area (Å²) >= 11 is 0. The van der Waals surface area contributed by atoms with Crippen molar-refractivity contribution < 1.29 is 14.3 Å². The number of ether oxygens (including phenoxy) is 2. The lowest BCUT2D eigenvalue weighted by molar-refractivity contribution is 0.0202. The summed E-state index contributed by atoms with van der Waals surface area (Å²) in [5, 5.41) is 3.62. The maximum absolute atomic E-state index is 12.3. The van der Waals surface area contributed by atoms with Crippen molar-refractivity contribution in [1.82, 2.24) is 10.2 Å². The van der Waals surface area contributed by atoms with Crippen LogP contribution in [-0.4, -0.2) is 56.0 Å². The molecule has 1 aliphatic rings.